The van der Waals surface area contributed by atoms with Crippen molar-refractivity contribution in [3.05, 3.63) is 72.3 Å². The smallest absolute Gasteiger partial charge is 0.264 e. The summed E-state index contributed by atoms with van der Waals surface area (Å²) in [6.07, 6.45) is 4.69. The molecule has 2 aromatic rings. The van der Waals surface area contributed by atoms with Gasteiger partial charge < -0.3 is 14.5 Å². The third-order valence-corrected chi connectivity index (χ3v) is 4.97. The van der Waals surface area contributed by atoms with Crippen LogP contribution in [-0.4, -0.2) is 49.6 Å². The van der Waals surface area contributed by atoms with Gasteiger partial charge in [0, 0.05) is 0 Å². The van der Waals surface area contributed by atoms with Crippen molar-refractivity contribution in [2.24, 2.45) is 0 Å². The van der Waals surface area contributed by atoms with Crippen molar-refractivity contribution in [2.75, 3.05) is 32.7 Å². The normalized spacial score (nSPS) is 16.4. The first-order valence-electron chi connectivity index (χ1n) is 9.82. The molecule has 0 spiro atoms. The van der Waals surface area contributed by atoms with Gasteiger partial charge in [0.25, 0.3) is 5.91 Å². The number of para-hydroxylation sites is 1. The van der Waals surface area contributed by atoms with Crippen LogP contribution in [0, 0.1) is 0 Å². The van der Waals surface area contributed by atoms with Gasteiger partial charge in [-0.3, -0.25) is 4.79 Å². The summed E-state index contributed by atoms with van der Waals surface area (Å²) in [7, 11) is 0. The Balaban J connectivity index is 1.46. The Hall–Kier alpha value is -2.59. The number of rotatable bonds is 7. The molecule has 0 radical (unpaired) electrons. The fourth-order valence-corrected chi connectivity index (χ4v) is 3.35. The minimum Gasteiger partial charge on any atom is -0.481 e. The Morgan fingerprint density at radius 1 is 1.07 bits per heavy atom. The molecule has 1 fully saturated rings. The molecule has 3 rings (SSSR count). The van der Waals surface area contributed by atoms with E-state index in [-0.39, 0.29) is 5.91 Å². The molecular formula is C23H29N2O2+. The maximum absolute atomic E-state index is 12.8. The molecule has 1 N–H and O–H groups in total. The van der Waals surface area contributed by atoms with Gasteiger partial charge in [0.1, 0.15) is 5.75 Å². The van der Waals surface area contributed by atoms with E-state index in [4.69, 9.17) is 4.74 Å². The molecule has 4 nitrogen and oxygen atoms in total. The van der Waals surface area contributed by atoms with E-state index in [1.54, 1.807) is 0 Å². The molecule has 0 unspecified atom stereocenters. The van der Waals surface area contributed by atoms with Gasteiger partial charge in [0.15, 0.2) is 6.10 Å². The third-order valence-electron chi connectivity index (χ3n) is 4.97. The van der Waals surface area contributed by atoms with Crippen LogP contribution in [-0.2, 0) is 4.79 Å². The van der Waals surface area contributed by atoms with Crippen molar-refractivity contribution < 1.29 is 14.4 Å². The monoisotopic (exact) mass is 365 g/mol. The maximum atomic E-state index is 12.8. The number of nitrogens with one attached hydrogen (secondary N) is 1. The Bertz CT molecular complexity index is 723. The zero-order chi connectivity index (χ0) is 18.9. The molecule has 1 aliphatic heterocycles. The molecule has 1 aliphatic rings. The van der Waals surface area contributed by atoms with E-state index >= 15 is 0 Å². The number of amides is 1. The lowest BCUT2D eigenvalue weighted by molar-refractivity contribution is -0.898. The first kappa shape index (κ1) is 19.2. The molecule has 142 valence electrons. The number of ether oxygens (including phenoxy) is 1. The number of carbonyl (C=O) groups excluding carboxylic acids is 1. The minimum absolute atomic E-state index is 0.111. The van der Waals surface area contributed by atoms with E-state index in [9.17, 15) is 4.79 Å². The van der Waals surface area contributed by atoms with Crippen LogP contribution < -0.4 is 9.64 Å². The van der Waals surface area contributed by atoms with Crippen LogP contribution in [0.3, 0.4) is 0 Å². The largest absolute Gasteiger partial charge is 0.481 e. The van der Waals surface area contributed by atoms with Crippen molar-refractivity contribution in [2.45, 2.75) is 19.4 Å². The highest BCUT2D eigenvalue weighted by Gasteiger charge is 2.29. The second kappa shape index (κ2) is 9.93. The van der Waals surface area contributed by atoms with Gasteiger partial charge in [-0.2, -0.15) is 0 Å². The summed E-state index contributed by atoms with van der Waals surface area (Å²) < 4.78 is 5.91. The zero-order valence-corrected chi connectivity index (χ0v) is 16.0. The predicted octanol–water partition coefficient (Wildman–Crippen LogP) is 2.28. The molecule has 1 amide bonds. The van der Waals surface area contributed by atoms with Crippen molar-refractivity contribution in [3.63, 3.8) is 0 Å². The number of nitrogens with zero attached hydrogens (tertiary/aromatic N) is 1. The van der Waals surface area contributed by atoms with E-state index in [0.29, 0.717) is 6.42 Å². The predicted molar refractivity (Wildman–Crippen MR) is 109 cm³/mol. The van der Waals surface area contributed by atoms with Crippen LogP contribution in [0.25, 0.3) is 6.08 Å². The van der Waals surface area contributed by atoms with Crippen LogP contribution >= 0.6 is 0 Å². The van der Waals surface area contributed by atoms with Crippen LogP contribution in [0.2, 0.25) is 0 Å². The number of hydrogen-bond acceptors (Lipinski definition) is 2. The quantitative estimate of drug-likeness (QED) is 0.817. The lowest BCUT2D eigenvalue weighted by Gasteiger charge is -2.33. The molecule has 1 saturated heterocycles. The second-order valence-electron chi connectivity index (χ2n) is 6.92. The average Bonchev–Trinajstić information content (AvgIpc) is 2.73. The number of quaternary nitrogens is 1. The Labute approximate surface area is 162 Å². The van der Waals surface area contributed by atoms with Crippen molar-refractivity contribution in [1.29, 1.82) is 0 Å². The molecule has 4 heteroatoms. The number of hydrogen-bond donors (Lipinski definition) is 1. The molecule has 0 aliphatic carbocycles. The van der Waals surface area contributed by atoms with Crippen LogP contribution in [0.1, 0.15) is 18.9 Å². The van der Waals surface area contributed by atoms with E-state index in [0.717, 1.165) is 38.5 Å². The summed E-state index contributed by atoms with van der Waals surface area (Å²) in [6, 6.07) is 20.0. The van der Waals surface area contributed by atoms with Gasteiger partial charge in [-0.15, -0.1) is 0 Å². The summed E-state index contributed by atoms with van der Waals surface area (Å²) in [6.45, 7) is 6.54. The van der Waals surface area contributed by atoms with E-state index in [1.165, 1.54) is 10.5 Å². The van der Waals surface area contributed by atoms with Crippen LogP contribution in [0.15, 0.2) is 66.7 Å². The lowest BCUT2D eigenvalue weighted by Crippen LogP contribution is -3.14. The van der Waals surface area contributed by atoms with Gasteiger partial charge in [-0.05, 0) is 30.2 Å². The molecule has 0 bridgehead atoms. The van der Waals surface area contributed by atoms with Crippen LogP contribution in [0.5, 0.6) is 5.75 Å². The Kier molecular flexibility index (Phi) is 7.05. The number of benzene rings is 2. The standard InChI is InChI=1S/C23H28N2O2/c1-2-22(27-21-13-7-4-8-14-21)23(26)25-18-16-24(17-19-25)15-9-12-20-10-5-3-6-11-20/h3-14,22H,2,15-19H2,1H3/p+1/b12-9+/t22-/m0/s1. The summed E-state index contributed by atoms with van der Waals surface area (Å²) in [5.41, 5.74) is 1.23. The fourth-order valence-electron chi connectivity index (χ4n) is 3.35. The van der Waals surface area contributed by atoms with Gasteiger partial charge >= 0.3 is 0 Å². The first-order valence-corrected chi connectivity index (χ1v) is 9.82. The highest BCUT2D eigenvalue weighted by molar-refractivity contribution is 5.81. The van der Waals surface area contributed by atoms with E-state index in [1.807, 2.05) is 48.2 Å². The van der Waals surface area contributed by atoms with E-state index < -0.39 is 6.10 Å². The minimum atomic E-state index is -0.396. The van der Waals surface area contributed by atoms with Crippen molar-refractivity contribution in [3.8, 4) is 5.75 Å². The zero-order valence-electron chi connectivity index (χ0n) is 16.0. The molecule has 0 aromatic heterocycles. The number of piperazine rings is 1. The molecule has 27 heavy (non-hydrogen) atoms. The SMILES string of the molecule is CC[C@H](Oc1ccccc1)C(=O)N1CC[NH+](C/C=C/c2ccccc2)CC1. The molecular weight excluding hydrogens is 336 g/mol. The maximum Gasteiger partial charge on any atom is 0.264 e. The van der Waals surface area contributed by atoms with E-state index in [2.05, 4.69) is 36.4 Å². The van der Waals surface area contributed by atoms with Gasteiger partial charge in [0.2, 0.25) is 0 Å². The van der Waals surface area contributed by atoms with Gasteiger partial charge in [-0.25, -0.2) is 0 Å². The number of carbonyl (C=O) groups is 1. The molecule has 1 atom stereocenters. The Morgan fingerprint density at radius 2 is 1.70 bits per heavy atom. The van der Waals surface area contributed by atoms with Crippen molar-refractivity contribution >= 4 is 12.0 Å². The lowest BCUT2D eigenvalue weighted by atomic mass is 10.2. The molecule has 1 heterocycles. The highest BCUT2D eigenvalue weighted by Crippen LogP contribution is 2.14. The summed E-state index contributed by atoms with van der Waals surface area (Å²) in [5, 5.41) is 0. The third kappa shape index (κ3) is 5.69. The first-order chi connectivity index (χ1) is 13.3. The fraction of sp³-hybridized carbons (Fsp3) is 0.348. The summed E-state index contributed by atoms with van der Waals surface area (Å²) in [4.78, 5) is 16.3. The second-order valence-corrected chi connectivity index (χ2v) is 6.92. The molecule has 0 saturated carbocycles. The van der Waals surface area contributed by atoms with Crippen LogP contribution in [0.4, 0.5) is 0 Å². The molecule has 2 aromatic carbocycles. The Morgan fingerprint density at radius 3 is 2.33 bits per heavy atom. The highest BCUT2D eigenvalue weighted by atomic mass is 16.5. The van der Waals surface area contributed by atoms with Crippen molar-refractivity contribution in [1.82, 2.24) is 4.90 Å². The summed E-state index contributed by atoms with van der Waals surface area (Å²) in [5.74, 6) is 0.869. The topological polar surface area (TPSA) is 34.0 Å². The summed E-state index contributed by atoms with van der Waals surface area (Å²) >= 11 is 0. The average molecular weight is 365 g/mol. The van der Waals surface area contributed by atoms with Gasteiger partial charge in [-0.1, -0.05) is 61.5 Å². The van der Waals surface area contributed by atoms with Gasteiger partial charge in [0.05, 0.1) is 32.7 Å².